The van der Waals surface area contributed by atoms with Gasteiger partial charge in [-0.05, 0) is 37.1 Å². The van der Waals surface area contributed by atoms with Gasteiger partial charge < -0.3 is 10.1 Å². The molecule has 0 spiro atoms. The maximum absolute atomic E-state index is 13.0. The Hall–Kier alpha value is -2.89. The number of benzene rings is 2. The SMILES string of the molecule is Cc1ccc(C)c(NC(=O)C(OC(=O)c2cnc(Cl)c(Cl)c2)c2ccccc2)c1. The van der Waals surface area contributed by atoms with E-state index in [1.165, 1.54) is 12.3 Å². The van der Waals surface area contributed by atoms with Crippen LogP contribution in [0.25, 0.3) is 0 Å². The largest absolute Gasteiger partial charge is 0.444 e. The van der Waals surface area contributed by atoms with Crippen molar-refractivity contribution in [2.45, 2.75) is 20.0 Å². The number of amides is 1. The summed E-state index contributed by atoms with van der Waals surface area (Å²) in [5.74, 6) is -1.20. The Morgan fingerprint density at radius 1 is 1.03 bits per heavy atom. The molecule has 0 aliphatic rings. The number of anilines is 1. The molecule has 3 aromatic rings. The Labute approximate surface area is 178 Å². The van der Waals surface area contributed by atoms with Crippen LogP contribution in [0.2, 0.25) is 10.2 Å². The number of rotatable bonds is 5. The lowest BCUT2D eigenvalue weighted by atomic mass is 10.1. The lowest BCUT2D eigenvalue weighted by molar-refractivity contribution is -0.125. The fourth-order valence-electron chi connectivity index (χ4n) is 2.68. The number of halogens is 2. The van der Waals surface area contributed by atoms with Crippen molar-refractivity contribution < 1.29 is 14.3 Å². The molecule has 0 aliphatic carbocycles. The summed E-state index contributed by atoms with van der Waals surface area (Å²) >= 11 is 11.7. The third-order valence-electron chi connectivity index (χ3n) is 4.25. The van der Waals surface area contributed by atoms with Gasteiger partial charge in [-0.3, -0.25) is 4.79 Å². The van der Waals surface area contributed by atoms with Gasteiger partial charge in [-0.15, -0.1) is 0 Å². The minimum atomic E-state index is -1.15. The summed E-state index contributed by atoms with van der Waals surface area (Å²) in [6.45, 7) is 3.82. The van der Waals surface area contributed by atoms with E-state index >= 15 is 0 Å². The maximum atomic E-state index is 13.0. The number of hydrogen-bond acceptors (Lipinski definition) is 4. The molecule has 0 fully saturated rings. The zero-order valence-electron chi connectivity index (χ0n) is 15.8. The molecule has 3 rings (SSSR count). The van der Waals surface area contributed by atoms with Gasteiger partial charge in [0.15, 0.2) is 0 Å². The highest BCUT2D eigenvalue weighted by Crippen LogP contribution is 2.25. The second kappa shape index (κ2) is 9.07. The molecule has 29 heavy (non-hydrogen) atoms. The minimum absolute atomic E-state index is 0.0792. The van der Waals surface area contributed by atoms with E-state index in [-0.39, 0.29) is 15.7 Å². The molecule has 0 saturated heterocycles. The Kier molecular flexibility index (Phi) is 6.52. The molecule has 1 N–H and O–H groups in total. The van der Waals surface area contributed by atoms with Crippen molar-refractivity contribution in [2.24, 2.45) is 0 Å². The van der Waals surface area contributed by atoms with Gasteiger partial charge in [0, 0.05) is 17.4 Å². The smallest absolute Gasteiger partial charge is 0.340 e. The van der Waals surface area contributed by atoms with E-state index in [4.69, 9.17) is 27.9 Å². The molecule has 0 bridgehead atoms. The van der Waals surface area contributed by atoms with Crippen molar-refractivity contribution in [2.75, 3.05) is 5.32 Å². The summed E-state index contributed by atoms with van der Waals surface area (Å²) in [5, 5.41) is 3.05. The van der Waals surface area contributed by atoms with Gasteiger partial charge >= 0.3 is 5.97 Å². The van der Waals surface area contributed by atoms with Crippen LogP contribution in [0.15, 0.2) is 60.8 Å². The van der Waals surface area contributed by atoms with Crippen LogP contribution >= 0.6 is 23.2 Å². The van der Waals surface area contributed by atoms with Crippen LogP contribution in [0.4, 0.5) is 5.69 Å². The van der Waals surface area contributed by atoms with Crippen LogP contribution in [0, 0.1) is 13.8 Å². The average molecular weight is 429 g/mol. The van der Waals surface area contributed by atoms with Crippen molar-refractivity contribution >= 4 is 40.8 Å². The number of nitrogens with zero attached hydrogens (tertiary/aromatic N) is 1. The standard InChI is InChI=1S/C22H18Cl2N2O3/c1-13-8-9-14(2)18(10-13)26-21(27)19(15-6-4-3-5-7-15)29-22(28)16-11-17(23)20(24)25-12-16/h3-12,19H,1-2H3,(H,26,27). The maximum Gasteiger partial charge on any atom is 0.340 e. The molecular formula is C22H18Cl2N2O3. The number of carbonyl (C=O) groups is 2. The highest BCUT2D eigenvalue weighted by Gasteiger charge is 2.26. The summed E-state index contributed by atoms with van der Waals surface area (Å²) in [5.41, 5.74) is 3.19. The van der Waals surface area contributed by atoms with E-state index in [2.05, 4.69) is 10.3 Å². The Morgan fingerprint density at radius 2 is 1.76 bits per heavy atom. The molecular weight excluding hydrogens is 411 g/mol. The van der Waals surface area contributed by atoms with Crippen LogP contribution < -0.4 is 5.32 Å². The normalized spacial score (nSPS) is 11.6. The predicted molar refractivity (Wildman–Crippen MR) is 113 cm³/mol. The molecule has 5 nitrogen and oxygen atoms in total. The lowest BCUT2D eigenvalue weighted by Crippen LogP contribution is -2.26. The second-order valence-electron chi connectivity index (χ2n) is 6.50. The first-order chi connectivity index (χ1) is 13.8. The lowest BCUT2D eigenvalue weighted by Gasteiger charge is -2.19. The monoisotopic (exact) mass is 428 g/mol. The first kappa shape index (κ1) is 20.8. The zero-order valence-corrected chi connectivity index (χ0v) is 17.3. The third-order valence-corrected chi connectivity index (χ3v) is 4.93. The van der Waals surface area contributed by atoms with E-state index in [1.807, 2.05) is 38.1 Å². The molecule has 7 heteroatoms. The van der Waals surface area contributed by atoms with Crippen molar-refractivity contribution in [3.05, 3.63) is 93.2 Å². The molecule has 0 saturated carbocycles. The Morgan fingerprint density at radius 3 is 2.45 bits per heavy atom. The van der Waals surface area contributed by atoms with E-state index in [0.717, 1.165) is 11.1 Å². The van der Waals surface area contributed by atoms with Gasteiger partial charge in [-0.25, -0.2) is 9.78 Å². The van der Waals surface area contributed by atoms with Gasteiger partial charge in [-0.2, -0.15) is 0 Å². The van der Waals surface area contributed by atoms with Gasteiger partial charge in [0.2, 0.25) is 6.10 Å². The fourth-order valence-corrected chi connectivity index (χ4v) is 2.95. The average Bonchev–Trinajstić information content (AvgIpc) is 2.71. The van der Waals surface area contributed by atoms with Crippen LogP contribution in [-0.2, 0) is 9.53 Å². The number of pyridine rings is 1. The van der Waals surface area contributed by atoms with E-state index in [9.17, 15) is 9.59 Å². The van der Waals surface area contributed by atoms with Crippen molar-refractivity contribution in [1.82, 2.24) is 4.98 Å². The van der Waals surface area contributed by atoms with Crippen molar-refractivity contribution in [3.8, 4) is 0 Å². The number of nitrogens with one attached hydrogen (secondary N) is 1. The number of hydrogen-bond donors (Lipinski definition) is 1. The molecule has 1 unspecified atom stereocenters. The fraction of sp³-hybridized carbons (Fsp3) is 0.136. The van der Waals surface area contributed by atoms with Crippen LogP contribution in [0.5, 0.6) is 0 Å². The second-order valence-corrected chi connectivity index (χ2v) is 7.27. The van der Waals surface area contributed by atoms with Crippen LogP contribution in [0.3, 0.4) is 0 Å². The van der Waals surface area contributed by atoms with Crippen LogP contribution in [-0.4, -0.2) is 16.9 Å². The zero-order chi connectivity index (χ0) is 21.0. The Bertz CT molecular complexity index is 1060. The van der Waals surface area contributed by atoms with Gasteiger partial charge in [0.1, 0.15) is 5.15 Å². The quantitative estimate of drug-likeness (QED) is 0.427. The highest BCUT2D eigenvalue weighted by atomic mass is 35.5. The van der Waals surface area contributed by atoms with Crippen LogP contribution in [0.1, 0.15) is 33.2 Å². The first-order valence-corrected chi connectivity index (χ1v) is 9.56. The number of esters is 1. The first-order valence-electron chi connectivity index (χ1n) is 8.80. The predicted octanol–water partition coefficient (Wildman–Crippen LogP) is 5.54. The molecule has 1 amide bonds. The molecule has 1 heterocycles. The molecule has 148 valence electrons. The van der Waals surface area contributed by atoms with E-state index < -0.39 is 18.0 Å². The number of carbonyl (C=O) groups excluding carboxylic acids is 2. The summed E-state index contributed by atoms with van der Waals surface area (Å²) in [6.07, 6.45) is 0.0966. The summed E-state index contributed by atoms with van der Waals surface area (Å²) < 4.78 is 5.53. The van der Waals surface area contributed by atoms with Crippen molar-refractivity contribution in [3.63, 3.8) is 0 Å². The van der Waals surface area contributed by atoms with E-state index in [1.54, 1.807) is 24.3 Å². The Balaban J connectivity index is 1.88. The molecule has 0 aliphatic heterocycles. The van der Waals surface area contributed by atoms with Gasteiger partial charge in [-0.1, -0.05) is 65.7 Å². The topological polar surface area (TPSA) is 68.3 Å². The molecule has 1 atom stereocenters. The highest BCUT2D eigenvalue weighted by molar-refractivity contribution is 6.41. The molecule has 2 aromatic carbocycles. The minimum Gasteiger partial charge on any atom is -0.444 e. The number of aryl methyl sites for hydroxylation is 2. The summed E-state index contributed by atoms with van der Waals surface area (Å²) in [7, 11) is 0. The summed E-state index contributed by atoms with van der Waals surface area (Å²) in [6, 6.07) is 15.9. The van der Waals surface area contributed by atoms with E-state index in [0.29, 0.717) is 11.3 Å². The number of aromatic nitrogens is 1. The molecule has 0 radical (unpaired) electrons. The van der Waals surface area contributed by atoms with Gasteiger partial charge in [0.25, 0.3) is 5.91 Å². The summed E-state index contributed by atoms with van der Waals surface area (Å²) in [4.78, 5) is 29.5. The molecule has 1 aromatic heterocycles. The van der Waals surface area contributed by atoms with Gasteiger partial charge in [0.05, 0.1) is 10.6 Å². The third kappa shape index (κ3) is 5.13. The van der Waals surface area contributed by atoms with Crippen molar-refractivity contribution in [1.29, 1.82) is 0 Å². The number of ether oxygens (including phenoxy) is 1.